The number of benzene rings is 7. The maximum atomic E-state index is 6.42. The fourth-order valence-corrected chi connectivity index (χ4v) is 7.28. The fraction of sp³-hybridized carbons (Fsp3) is 0. The molecule has 3 aromatic heterocycles. The molecule has 0 atom stereocenters. The van der Waals surface area contributed by atoms with Crippen LogP contribution >= 0.6 is 0 Å². The average molecular weight is 575 g/mol. The first-order chi connectivity index (χ1) is 22.3. The Bertz CT molecular complexity index is 2740. The number of hydrogen-bond acceptors (Lipinski definition) is 1. The molecule has 7 aromatic carbocycles. The Kier molecular flexibility index (Phi) is 5.00. The molecule has 0 aliphatic carbocycles. The maximum Gasteiger partial charge on any atom is 0.137 e. The van der Waals surface area contributed by atoms with E-state index in [2.05, 4.69) is 161 Å². The molecule has 210 valence electrons. The van der Waals surface area contributed by atoms with Crippen LogP contribution in [-0.4, -0.2) is 9.13 Å². The molecular weight excluding hydrogens is 548 g/mol. The molecule has 0 saturated carbocycles. The van der Waals surface area contributed by atoms with Gasteiger partial charge in [0.1, 0.15) is 11.2 Å². The Balaban J connectivity index is 1.37. The number of fused-ring (bicyclic) bond motifs is 9. The van der Waals surface area contributed by atoms with E-state index >= 15 is 0 Å². The Hall–Kier alpha value is -6.06. The molecule has 0 aliphatic heterocycles. The summed E-state index contributed by atoms with van der Waals surface area (Å²) in [5, 5.41) is 7.22. The number of nitrogens with zero attached hydrogens (tertiary/aromatic N) is 2. The van der Waals surface area contributed by atoms with Gasteiger partial charge in [0.05, 0.1) is 22.1 Å². The van der Waals surface area contributed by atoms with Gasteiger partial charge in [0, 0.05) is 49.8 Å². The molecule has 10 rings (SSSR count). The smallest absolute Gasteiger partial charge is 0.137 e. The van der Waals surface area contributed by atoms with E-state index in [-0.39, 0.29) is 0 Å². The summed E-state index contributed by atoms with van der Waals surface area (Å²) < 4.78 is 11.2. The van der Waals surface area contributed by atoms with Crippen molar-refractivity contribution < 1.29 is 4.42 Å². The van der Waals surface area contributed by atoms with Crippen molar-refractivity contribution in [3.8, 4) is 22.5 Å². The van der Waals surface area contributed by atoms with Crippen molar-refractivity contribution in [2.75, 3.05) is 0 Å². The largest absolute Gasteiger partial charge is 0.456 e. The molecule has 10 aromatic rings. The van der Waals surface area contributed by atoms with E-state index in [4.69, 9.17) is 4.42 Å². The van der Waals surface area contributed by atoms with E-state index in [1.54, 1.807) is 0 Å². The van der Waals surface area contributed by atoms with E-state index in [1.807, 2.05) is 6.07 Å². The third-order valence-corrected chi connectivity index (χ3v) is 9.28. The molecule has 3 nitrogen and oxygen atoms in total. The van der Waals surface area contributed by atoms with Gasteiger partial charge in [-0.1, -0.05) is 97.1 Å². The fourth-order valence-electron chi connectivity index (χ4n) is 7.28. The van der Waals surface area contributed by atoms with Crippen LogP contribution in [0.5, 0.6) is 0 Å². The van der Waals surface area contributed by atoms with Gasteiger partial charge in [-0.2, -0.15) is 0 Å². The lowest BCUT2D eigenvalue weighted by Crippen LogP contribution is -1.96. The zero-order chi connectivity index (χ0) is 29.5. The van der Waals surface area contributed by atoms with Gasteiger partial charge in [0.25, 0.3) is 0 Å². The van der Waals surface area contributed by atoms with Crippen molar-refractivity contribution in [1.82, 2.24) is 9.13 Å². The van der Waals surface area contributed by atoms with E-state index in [0.717, 1.165) is 38.8 Å². The molecule has 0 saturated heterocycles. The molecule has 0 N–H and O–H groups in total. The summed E-state index contributed by atoms with van der Waals surface area (Å²) in [7, 11) is 0. The van der Waals surface area contributed by atoms with Gasteiger partial charge in [-0.3, -0.25) is 0 Å². The predicted molar refractivity (Wildman–Crippen MR) is 188 cm³/mol. The summed E-state index contributed by atoms with van der Waals surface area (Å²) in [6, 6.07) is 56.6. The van der Waals surface area contributed by atoms with E-state index < -0.39 is 0 Å². The van der Waals surface area contributed by atoms with Crippen LogP contribution in [0.3, 0.4) is 0 Å². The zero-order valence-corrected chi connectivity index (χ0v) is 24.3. The van der Waals surface area contributed by atoms with Gasteiger partial charge in [0.2, 0.25) is 0 Å². The first-order valence-corrected chi connectivity index (χ1v) is 15.4. The van der Waals surface area contributed by atoms with Crippen molar-refractivity contribution in [1.29, 1.82) is 0 Å². The van der Waals surface area contributed by atoms with Crippen LogP contribution in [0.25, 0.3) is 88.1 Å². The molecule has 0 fully saturated rings. The van der Waals surface area contributed by atoms with Gasteiger partial charge in [-0.05, 0) is 65.7 Å². The summed E-state index contributed by atoms with van der Waals surface area (Å²) in [6.45, 7) is 0. The van der Waals surface area contributed by atoms with Gasteiger partial charge in [0.15, 0.2) is 0 Å². The van der Waals surface area contributed by atoms with Crippen molar-refractivity contribution in [2.45, 2.75) is 0 Å². The average Bonchev–Trinajstić information content (AvgIpc) is 3.74. The molecule has 0 bridgehead atoms. The number of rotatable bonds is 3. The van der Waals surface area contributed by atoms with Crippen LogP contribution in [0.4, 0.5) is 0 Å². The van der Waals surface area contributed by atoms with Crippen LogP contribution in [0.1, 0.15) is 0 Å². The minimum absolute atomic E-state index is 0.899. The van der Waals surface area contributed by atoms with E-state index in [9.17, 15) is 0 Å². The molecular formula is C42H26N2O. The van der Waals surface area contributed by atoms with Gasteiger partial charge in [-0.15, -0.1) is 0 Å². The molecule has 0 unspecified atom stereocenters. The summed E-state index contributed by atoms with van der Waals surface area (Å²) in [5.74, 6) is 0. The molecule has 3 heterocycles. The normalized spacial score (nSPS) is 12.0. The van der Waals surface area contributed by atoms with Crippen LogP contribution in [0.2, 0.25) is 0 Å². The summed E-state index contributed by atoms with van der Waals surface area (Å²) in [6.07, 6.45) is 0. The zero-order valence-electron chi connectivity index (χ0n) is 24.3. The molecule has 0 radical (unpaired) electrons. The molecule has 0 amide bonds. The third-order valence-electron chi connectivity index (χ3n) is 9.28. The lowest BCUT2D eigenvalue weighted by Gasteiger charge is -2.11. The van der Waals surface area contributed by atoms with Gasteiger partial charge < -0.3 is 13.6 Å². The first-order valence-electron chi connectivity index (χ1n) is 15.4. The van der Waals surface area contributed by atoms with E-state index in [1.165, 1.54) is 49.2 Å². The first kappa shape index (κ1) is 24.4. The van der Waals surface area contributed by atoms with Crippen LogP contribution < -0.4 is 0 Å². The second-order valence-electron chi connectivity index (χ2n) is 11.8. The van der Waals surface area contributed by atoms with E-state index in [0.29, 0.717) is 0 Å². The highest BCUT2D eigenvalue weighted by atomic mass is 16.3. The lowest BCUT2D eigenvalue weighted by molar-refractivity contribution is 0.669. The van der Waals surface area contributed by atoms with Crippen LogP contribution in [0, 0.1) is 0 Å². The highest BCUT2D eigenvalue weighted by Crippen LogP contribution is 2.42. The Morgan fingerprint density at radius 2 is 0.889 bits per heavy atom. The molecule has 0 spiro atoms. The Morgan fingerprint density at radius 3 is 1.71 bits per heavy atom. The van der Waals surface area contributed by atoms with Crippen molar-refractivity contribution in [3.05, 3.63) is 158 Å². The molecule has 0 aliphatic rings. The number of para-hydroxylation sites is 3. The molecule has 3 heteroatoms. The SMILES string of the molecule is c1ccc(-c2cccc(-n3c4cc5oc6ccccc6c5cc4c4cc5c6ccccc6n(-c6ccccc6)c5cc43)c2)cc1. The van der Waals surface area contributed by atoms with Crippen LogP contribution in [-0.2, 0) is 0 Å². The summed E-state index contributed by atoms with van der Waals surface area (Å²) in [4.78, 5) is 0. The third kappa shape index (κ3) is 3.52. The highest BCUT2D eigenvalue weighted by Gasteiger charge is 2.20. The second-order valence-corrected chi connectivity index (χ2v) is 11.8. The monoisotopic (exact) mass is 574 g/mol. The van der Waals surface area contributed by atoms with Gasteiger partial charge in [-0.25, -0.2) is 0 Å². The number of hydrogen-bond donors (Lipinski definition) is 0. The number of aromatic nitrogens is 2. The topological polar surface area (TPSA) is 23.0 Å². The van der Waals surface area contributed by atoms with Crippen molar-refractivity contribution in [3.63, 3.8) is 0 Å². The Morgan fingerprint density at radius 1 is 0.311 bits per heavy atom. The maximum absolute atomic E-state index is 6.42. The van der Waals surface area contributed by atoms with Crippen molar-refractivity contribution >= 4 is 65.6 Å². The lowest BCUT2D eigenvalue weighted by atomic mass is 10.1. The molecule has 45 heavy (non-hydrogen) atoms. The van der Waals surface area contributed by atoms with Gasteiger partial charge >= 0.3 is 0 Å². The Labute approximate surface area is 258 Å². The second kappa shape index (κ2) is 9.22. The summed E-state index contributed by atoms with van der Waals surface area (Å²) >= 11 is 0. The minimum atomic E-state index is 0.899. The summed E-state index contributed by atoms with van der Waals surface area (Å²) in [5.41, 5.74) is 11.2. The van der Waals surface area contributed by atoms with Crippen LogP contribution in [0.15, 0.2) is 162 Å². The minimum Gasteiger partial charge on any atom is -0.456 e. The standard InChI is InChI=1S/C42H26N2O/c1-3-12-27(13-4-1)28-14-11-17-30(22-28)44-39-25-38-33(31-18-7-9-20-37(31)43(38)29-15-5-2-6-16-29)23-34(39)35-24-36-32-19-8-10-21-41(32)45-42(36)26-40(35)44/h1-26H. The predicted octanol–water partition coefficient (Wildman–Crippen LogP) is 11.4. The quantitative estimate of drug-likeness (QED) is 0.206. The highest BCUT2D eigenvalue weighted by molar-refractivity contribution is 6.22. The number of furan rings is 1. The van der Waals surface area contributed by atoms with Crippen molar-refractivity contribution in [2.24, 2.45) is 0 Å².